The fourth-order valence-electron chi connectivity index (χ4n) is 4.95. The Morgan fingerprint density at radius 1 is 1.21 bits per heavy atom. The van der Waals surface area contributed by atoms with Gasteiger partial charge in [-0.1, -0.05) is 17.7 Å². The number of aromatic hydroxyl groups is 1. The van der Waals surface area contributed by atoms with Gasteiger partial charge in [0.25, 0.3) is 0 Å². The average molecular weight is 257 g/mol. The van der Waals surface area contributed by atoms with Crippen molar-refractivity contribution in [1.29, 1.82) is 0 Å². The van der Waals surface area contributed by atoms with E-state index in [1.807, 2.05) is 12.1 Å². The smallest absolute Gasteiger partial charge is 0.120 e. The number of phenols is 1. The van der Waals surface area contributed by atoms with E-state index in [4.69, 9.17) is 0 Å². The van der Waals surface area contributed by atoms with Gasteiger partial charge in [-0.2, -0.15) is 0 Å². The molecule has 19 heavy (non-hydrogen) atoms. The fourth-order valence-corrected chi connectivity index (χ4v) is 4.95. The quantitative estimate of drug-likeness (QED) is 0.870. The average Bonchev–Trinajstić information content (AvgIpc) is 2.80. The van der Waals surface area contributed by atoms with Crippen molar-refractivity contribution < 1.29 is 5.11 Å². The van der Waals surface area contributed by atoms with Gasteiger partial charge in [-0.25, -0.2) is 0 Å². The SMILES string of the molecule is Cc1ccc(O)c(C(C)NC2C3C4CCC(C4)C23)c1. The van der Waals surface area contributed by atoms with Gasteiger partial charge >= 0.3 is 0 Å². The Balaban J connectivity index is 1.48. The molecule has 2 nitrogen and oxygen atoms in total. The first kappa shape index (κ1) is 11.8. The van der Waals surface area contributed by atoms with Gasteiger partial charge in [-0.05, 0) is 62.8 Å². The van der Waals surface area contributed by atoms with Crippen molar-refractivity contribution in [3.05, 3.63) is 29.3 Å². The van der Waals surface area contributed by atoms with Gasteiger partial charge in [0, 0.05) is 17.6 Å². The molecule has 3 aliphatic rings. The molecule has 4 rings (SSSR count). The highest BCUT2D eigenvalue weighted by molar-refractivity contribution is 5.38. The normalized spacial score (nSPS) is 40.2. The summed E-state index contributed by atoms with van der Waals surface area (Å²) in [5.41, 5.74) is 2.27. The first-order chi connectivity index (χ1) is 9.15. The third-order valence-electron chi connectivity index (χ3n) is 5.83. The van der Waals surface area contributed by atoms with Crippen LogP contribution in [0.4, 0.5) is 0 Å². The molecule has 0 radical (unpaired) electrons. The number of rotatable bonds is 3. The molecule has 2 heteroatoms. The minimum absolute atomic E-state index is 0.259. The summed E-state index contributed by atoms with van der Waals surface area (Å²) in [5.74, 6) is 4.34. The second-order valence-electron chi connectivity index (χ2n) is 6.96. The van der Waals surface area contributed by atoms with Crippen LogP contribution in [-0.4, -0.2) is 11.1 Å². The van der Waals surface area contributed by atoms with Crippen molar-refractivity contribution in [2.45, 2.75) is 45.2 Å². The number of fused-ring (bicyclic) bond motifs is 5. The first-order valence-electron chi connectivity index (χ1n) is 7.70. The summed E-state index contributed by atoms with van der Waals surface area (Å²) >= 11 is 0. The predicted octanol–water partition coefficient (Wildman–Crippen LogP) is 3.40. The number of benzene rings is 1. The van der Waals surface area contributed by atoms with E-state index in [9.17, 15) is 5.11 Å². The minimum Gasteiger partial charge on any atom is -0.508 e. The van der Waals surface area contributed by atoms with Crippen LogP contribution in [0.5, 0.6) is 5.75 Å². The highest BCUT2D eigenvalue weighted by atomic mass is 16.3. The van der Waals surface area contributed by atoms with Gasteiger partial charge in [0.2, 0.25) is 0 Å². The van der Waals surface area contributed by atoms with E-state index in [-0.39, 0.29) is 6.04 Å². The lowest BCUT2D eigenvalue weighted by Gasteiger charge is -2.18. The zero-order valence-electron chi connectivity index (χ0n) is 11.8. The summed E-state index contributed by atoms with van der Waals surface area (Å²) in [7, 11) is 0. The van der Waals surface area contributed by atoms with Gasteiger partial charge in [0.05, 0.1) is 0 Å². The largest absolute Gasteiger partial charge is 0.508 e. The molecule has 2 N–H and O–H groups in total. The molecule has 5 atom stereocenters. The van der Waals surface area contributed by atoms with Gasteiger partial charge in [0.15, 0.2) is 0 Å². The number of nitrogens with one attached hydrogen (secondary N) is 1. The third kappa shape index (κ3) is 1.73. The van der Waals surface area contributed by atoms with Crippen molar-refractivity contribution in [3.8, 4) is 5.75 Å². The van der Waals surface area contributed by atoms with E-state index >= 15 is 0 Å². The van der Waals surface area contributed by atoms with Gasteiger partial charge in [-0.15, -0.1) is 0 Å². The van der Waals surface area contributed by atoms with Crippen LogP contribution in [0.2, 0.25) is 0 Å². The van der Waals surface area contributed by atoms with Crippen LogP contribution in [0.15, 0.2) is 18.2 Å². The summed E-state index contributed by atoms with van der Waals surface area (Å²) in [4.78, 5) is 0. The molecule has 0 aliphatic heterocycles. The lowest BCUT2D eigenvalue weighted by atomic mass is 10.0. The maximum absolute atomic E-state index is 10.0. The van der Waals surface area contributed by atoms with Gasteiger partial charge in [0.1, 0.15) is 5.75 Å². The molecule has 1 aromatic carbocycles. The molecule has 0 heterocycles. The molecule has 0 saturated heterocycles. The Morgan fingerprint density at radius 3 is 2.58 bits per heavy atom. The molecule has 0 aromatic heterocycles. The number of hydrogen-bond donors (Lipinski definition) is 2. The van der Waals surface area contributed by atoms with E-state index in [0.29, 0.717) is 5.75 Å². The van der Waals surface area contributed by atoms with E-state index in [0.717, 1.165) is 35.3 Å². The van der Waals surface area contributed by atoms with Crippen LogP contribution in [0.3, 0.4) is 0 Å². The number of hydrogen-bond acceptors (Lipinski definition) is 2. The maximum Gasteiger partial charge on any atom is 0.120 e. The zero-order valence-corrected chi connectivity index (χ0v) is 11.8. The van der Waals surface area contributed by atoms with Crippen molar-refractivity contribution >= 4 is 0 Å². The van der Waals surface area contributed by atoms with Gasteiger partial charge in [-0.3, -0.25) is 0 Å². The van der Waals surface area contributed by atoms with Crippen LogP contribution >= 0.6 is 0 Å². The molecule has 0 spiro atoms. The molecule has 2 bridgehead atoms. The summed E-state index contributed by atoms with van der Waals surface area (Å²) in [5, 5.41) is 13.8. The van der Waals surface area contributed by atoms with Crippen LogP contribution in [0, 0.1) is 30.6 Å². The molecular formula is C17H23NO. The van der Waals surface area contributed by atoms with Crippen molar-refractivity contribution in [3.63, 3.8) is 0 Å². The maximum atomic E-state index is 10.0. The van der Waals surface area contributed by atoms with Crippen LogP contribution < -0.4 is 5.32 Å². The molecule has 0 amide bonds. The van der Waals surface area contributed by atoms with Crippen molar-refractivity contribution in [2.24, 2.45) is 23.7 Å². The Labute approximate surface area is 115 Å². The standard InChI is InChI=1S/C17H23NO/c1-9-3-6-14(19)13(7-9)10(2)18-17-15-11-4-5-12(8-11)16(15)17/h3,6-7,10-12,15-19H,4-5,8H2,1-2H3. The Bertz CT molecular complexity index is 496. The zero-order chi connectivity index (χ0) is 13.1. The highest BCUT2D eigenvalue weighted by Crippen LogP contribution is 2.65. The topological polar surface area (TPSA) is 32.3 Å². The van der Waals surface area contributed by atoms with E-state index in [1.165, 1.54) is 24.8 Å². The van der Waals surface area contributed by atoms with E-state index in [2.05, 4.69) is 25.2 Å². The Kier molecular flexibility index (Phi) is 2.47. The number of aryl methyl sites for hydroxylation is 1. The summed E-state index contributed by atoms with van der Waals surface area (Å²) in [6.45, 7) is 4.27. The second kappa shape index (κ2) is 3.99. The Hall–Kier alpha value is -1.02. The first-order valence-corrected chi connectivity index (χ1v) is 7.70. The van der Waals surface area contributed by atoms with Crippen LogP contribution in [0.1, 0.15) is 43.4 Å². The molecule has 3 aliphatic carbocycles. The summed E-state index contributed by atoms with van der Waals surface area (Å²) < 4.78 is 0. The van der Waals surface area contributed by atoms with Crippen molar-refractivity contribution in [2.75, 3.05) is 0 Å². The van der Waals surface area contributed by atoms with Crippen LogP contribution in [-0.2, 0) is 0 Å². The third-order valence-corrected chi connectivity index (χ3v) is 5.83. The minimum atomic E-state index is 0.259. The monoisotopic (exact) mass is 257 g/mol. The predicted molar refractivity (Wildman–Crippen MR) is 76.0 cm³/mol. The lowest BCUT2D eigenvalue weighted by Crippen LogP contribution is -2.26. The second-order valence-corrected chi connectivity index (χ2v) is 6.96. The van der Waals surface area contributed by atoms with E-state index in [1.54, 1.807) is 0 Å². The molecule has 1 aromatic rings. The van der Waals surface area contributed by atoms with Crippen molar-refractivity contribution in [1.82, 2.24) is 5.32 Å². The van der Waals surface area contributed by atoms with Gasteiger partial charge < -0.3 is 10.4 Å². The molecule has 102 valence electrons. The van der Waals surface area contributed by atoms with E-state index < -0.39 is 0 Å². The summed E-state index contributed by atoms with van der Waals surface area (Å²) in [6, 6.07) is 6.88. The fraction of sp³-hybridized carbons (Fsp3) is 0.647. The molecule has 3 saturated carbocycles. The molecule has 3 fully saturated rings. The number of phenolic OH excluding ortho intramolecular Hbond substituents is 1. The van der Waals surface area contributed by atoms with Crippen LogP contribution in [0.25, 0.3) is 0 Å². The highest BCUT2D eigenvalue weighted by Gasteiger charge is 2.64. The molecular weight excluding hydrogens is 234 g/mol. The summed E-state index contributed by atoms with van der Waals surface area (Å²) in [6.07, 6.45) is 4.43. The Morgan fingerprint density at radius 2 is 1.89 bits per heavy atom. The lowest BCUT2D eigenvalue weighted by molar-refractivity contribution is 0.417. The molecule has 5 unspecified atom stereocenters.